The molecule has 4 nitrogen and oxygen atoms in total. The first kappa shape index (κ1) is 13.6. The largest absolute Gasteiger partial charge is 0.353 e. The van der Waals surface area contributed by atoms with Gasteiger partial charge in [0.2, 0.25) is 5.91 Å². The van der Waals surface area contributed by atoms with E-state index >= 15 is 0 Å². The summed E-state index contributed by atoms with van der Waals surface area (Å²) in [5.74, 6) is 0.0256. The van der Waals surface area contributed by atoms with Gasteiger partial charge in [0.1, 0.15) is 0 Å². The summed E-state index contributed by atoms with van der Waals surface area (Å²) in [5.41, 5.74) is 0.502. The highest BCUT2D eigenvalue weighted by Gasteiger charge is 2.41. The molecule has 1 aliphatic rings. The molecule has 1 aromatic carbocycles. The number of carbonyl (C=O) groups is 1. The van der Waals surface area contributed by atoms with Gasteiger partial charge in [0.15, 0.2) is 0 Å². The maximum Gasteiger partial charge on any atom is 0.240 e. The maximum atomic E-state index is 12.0. The number of nitrogens with one attached hydrogen (secondary N) is 1. The van der Waals surface area contributed by atoms with E-state index in [1.807, 2.05) is 44.2 Å². The first-order chi connectivity index (χ1) is 9.07. The van der Waals surface area contributed by atoms with Crippen molar-refractivity contribution in [1.29, 1.82) is 5.26 Å². The van der Waals surface area contributed by atoms with Crippen LogP contribution in [0.5, 0.6) is 0 Å². The van der Waals surface area contributed by atoms with Crippen LogP contribution in [0.2, 0.25) is 0 Å². The number of carbonyl (C=O) groups excluding carboxylic acids is 1. The summed E-state index contributed by atoms with van der Waals surface area (Å²) in [5, 5.41) is 12.0. The molecular weight excluding hydrogens is 238 g/mol. The second-order valence-corrected chi connectivity index (χ2v) is 5.30. The fourth-order valence-corrected chi connectivity index (χ4v) is 2.63. The predicted octanol–water partition coefficient (Wildman–Crippen LogP) is 1.85. The van der Waals surface area contributed by atoms with Gasteiger partial charge in [-0.2, -0.15) is 5.26 Å². The Balaban J connectivity index is 2.34. The summed E-state index contributed by atoms with van der Waals surface area (Å²) >= 11 is 0. The molecule has 1 heterocycles. The Morgan fingerprint density at radius 1 is 1.42 bits per heavy atom. The van der Waals surface area contributed by atoms with Gasteiger partial charge in [-0.25, -0.2) is 0 Å². The lowest BCUT2D eigenvalue weighted by Crippen LogP contribution is -2.62. The van der Waals surface area contributed by atoms with Crippen LogP contribution in [0, 0.1) is 11.3 Å². The van der Waals surface area contributed by atoms with Gasteiger partial charge in [-0.15, -0.1) is 0 Å². The van der Waals surface area contributed by atoms with Crippen LogP contribution < -0.4 is 5.32 Å². The molecule has 0 saturated carbocycles. The summed E-state index contributed by atoms with van der Waals surface area (Å²) in [6.07, 6.45) is 0.390. The molecule has 1 aliphatic heterocycles. The molecule has 4 heteroatoms. The van der Waals surface area contributed by atoms with Crippen molar-refractivity contribution in [2.24, 2.45) is 0 Å². The zero-order valence-corrected chi connectivity index (χ0v) is 11.4. The van der Waals surface area contributed by atoms with Gasteiger partial charge in [0.05, 0.1) is 18.0 Å². The Morgan fingerprint density at radius 2 is 2.11 bits per heavy atom. The Kier molecular flexibility index (Phi) is 3.87. The van der Waals surface area contributed by atoms with Crippen molar-refractivity contribution < 1.29 is 4.79 Å². The van der Waals surface area contributed by atoms with Crippen molar-refractivity contribution in [3.05, 3.63) is 35.9 Å². The minimum Gasteiger partial charge on any atom is -0.353 e. The number of nitriles is 1. The van der Waals surface area contributed by atoms with E-state index in [-0.39, 0.29) is 11.9 Å². The van der Waals surface area contributed by atoms with Gasteiger partial charge < -0.3 is 5.32 Å². The van der Waals surface area contributed by atoms with Gasteiger partial charge in [-0.05, 0) is 19.4 Å². The highest BCUT2D eigenvalue weighted by Crippen LogP contribution is 2.32. The van der Waals surface area contributed by atoms with Crippen molar-refractivity contribution in [2.75, 3.05) is 13.1 Å². The number of rotatable bonds is 3. The van der Waals surface area contributed by atoms with Crippen molar-refractivity contribution in [1.82, 2.24) is 10.2 Å². The second kappa shape index (κ2) is 5.41. The van der Waals surface area contributed by atoms with Crippen molar-refractivity contribution in [3.8, 4) is 6.07 Å². The van der Waals surface area contributed by atoms with E-state index in [2.05, 4.69) is 16.3 Å². The monoisotopic (exact) mass is 257 g/mol. The van der Waals surface area contributed by atoms with E-state index < -0.39 is 5.54 Å². The maximum absolute atomic E-state index is 12.0. The molecule has 1 fully saturated rings. The molecule has 1 saturated heterocycles. The third-order valence-corrected chi connectivity index (χ3v) is 3.76. The number of benzene rings is 1. The zero-order chi connectivity index (χ0) is 13.9. The van der Waals surface area contributed by atoms with Crippen LogP contribution in [0.3, 0.4) is 0 Å². The molecule has 2 rings (SSSR count). The van der Waals surface area contributed by atoms with Crippen molar-refractivity contribution in [2.45, 2.75) is 31.8 Å². The van der Waals surface area contributed by atoms with E-state index in [1.165, 1.54) is 0 Å². The Labute approximate surface area is 114 Å². The van der Waals surface area contributed by atoms with Gasteiger partial charge >= 0.3 is 0 Å². The normalized spacial score (nSPS) is 20.4. The Hall–Kier alpha value is -1.86. The molecule has 0 aliphatic carbocycles. The number of amides is 1. The van der Waals surface area contributed by atoms with Crippen molar-refractivity contribution >= 4 is 5.91 Å². The SMILES string of the molecule is CC1(C)C(=O)NCCN1C(CC#N)c1ccccc1. The van der Waals surface area contributed by atoms with E-state index in [1.54, 1.807) is 0 Å². The summed E-state index contributed by atoms with van der Waals surface area (Å²) in [6, 6.07) is 12.1. The Morgan fingerprint density at radius 3 is 2.74 bits per heavy atom. The fraction of sp³-hybridized carbons (Fsp3) is 0.467. The molecule has 0 spiro atoms. The van der Waals surface area contributed by atoms with Crippen LogP contribution in [0.25, 0.3) is 0 Å². The Bertz CT molecular complexity index is 490. The zero-order valence-electron chi connectivity index (χ0n) is 11.4. The molecule has 0 radical (unpaired) electrons. The topological polar surface area (TPSA) is 56.1 Å². The van der Waals surface area contributed by atoms with E-state index in [9.17, 15) is 4.79 Å². The van der Waals surface area contributed by atoms with Crippen LogP contribution in [0.4, 0.5) is 0 Å². The average Bonchev–Trinajstić information content (AvgIpc) is 2.41. The number of hydrogen-bond acceptors (Lipinski definition) is 3. The van der Waals surface area contributed by atoms with Gasteiger partial charge in [0.25, 0.3) is 0 Å². The molecule has 19 heavy (non-hydrogen) atoms. The minimum absolute atomic E-state index is 0.0256. The van der Waals surface area contributed by atoms with Crippen LogP contribution in [0.15, 0.2) is 30.3 Å². The van der Waals surface area contributed by atoms with Gasteiger partial charge in [-0.3, -0.25) is 9.69 Å². The summed E-state index contributed by atoms with van der Waals surface area (Å²) in [7, 11) is 0. The highest BCUT2D eigenvalue weighted by molar-refractivity contribution is 5.86. The molecule has 0 bridgehead atoms. The van der Waals surface area contributed by atoms with Crippen LogP contribution in [-0.2, 0) is 4.79 Å². The first-order valence-corrected chi connectivity index (χ1v) is 6.54. The number of piperazine rings is 1. The van der Waals surface area contributed by atoms with Crippen molar-refractivity contribution in [3.63, 3.8) is 0 Å². The molecule has 1 amide bonds. The number of hydrogen-bond donors (Lipinski definition) is 1. The lowest BCUT2D eigenvalue weighted by Gasteiger charge is -2.45. The predicted molar refractivity (Wildman–Crippen MR) is 73.2 cm³/mol. The summed E-state index contributed by atoms with van der Waals surface area (Å²) < 4.78 is 0. The molecule has 100 valence electrons. The van der Waals surface area contributed by atoms with E-state index in [4.69, 9.17) is 5.26 Å². The van der Waals surface area contributed by atoms with Gasteiger partial charge in [0, 0.05) is 19.1 Å². The summed E-state index contributed by atoms with van der Waals surface area (Å²) in [6.45, 7) is 5.22. The first-order valence-electron chi connectivity index (χ1n) is 6.54. The highest BCUT2D eigenvalue weighted by atomic mass is 16.2. The quantitative estimate of drug-likeness (QED) is 0.899. The molecule has 0 aromatic heterocycles. The lowest BCUT2D eigenvalue weighted by atomic mass is 9.92. The third kappa shape index (κ3) is 2.61. The second-order valence-electron chi connectivity index (χ2n) is 5.30. The average molecular weight is 257 g/mol. The van der Waals surface area contributed by atoms with Crippen LogP contribution in [-0.4, -0.2) is 29.4 Å². The van der Waals surface area contributed by atoms with Crippen LogP contribution in [0.1, 0.15) is 31.9 Å². The molecule has 1 aromatic rings. The molecule has 1 unspecified atom stereocenters. The third-order valence-electron chi connectivity index (χ3n) is 3.76. The van der Waals surface area contributed by atoms with E-state index in [0.29, 0.717) is 13.0 Å². The summed E-state index contributed by atoms with van der Waals surface area (Å²) in [4.78, 5) is 14.2. The number of nitrogens with zero attached hydrogens (tertiary/aromatic N) is 2. The molecule has 1 atom stereocenters. The van der Waals surface area contributed by atoms with Gasteiger partial charge in [-0.1, -0.05) is 30.3 Å². The van der Waals surface area contributed by atoms with E-state index in [0.717, 1.165) is 12.1 Å². The molecule has 1 N–H and O–H groups in total. The fourth-order valence-electron chi connectivity index (χ4n) is 2.63. The van der Waals surface area contributed by atoms with Crippen LogP contribution >= 0.6 is 0 Å². The smallest absolute Gasteiger partial charge is 0.240 e. The lowest BCUT2D eigenvalue weighted by molar-refractivity contribution is -0.137. The molecular formula is C15H19N3O. The minimum atomic E-state index is -0.588. The standard InChI is InChI=1S/C15H19N3O/c1-15(2)14(19)17-10-11-18(15)13(8-9-16)12-6-4-3-5-7-12/h3-7,13H,8,10-11H2,1-2H3,(H,17,19).